The van der Waals surface area contributed by atoms with Crippen LogP contribution >= 0.6 is 12.4 Å². The maximum Gasteiger partial charge on any atom is 0.345 e. The molecule has 1 N–H and O–H groups in total. The van der Waals surface area contributed by atoms with Crippen LogP contribution in [0.3, 0.4) is 0 Å². The van der Waals surface area contributed by atoms with Gasteiger partial charge in [-0.15, -0.1) is 19.0 Å². The van der Waals surface area contributed by atoms with Gasteiger partial charge in [-0.25, -0.2) is 0 Å². The third-order valence-corrected chi connectivity index (χ3v) is 3.17. The molecule has 2 aromatic carbocycles. The van der Waals surface area contributed by atoms with Crippen molar-refractivity contribution in [1.29, 1.82) is 0 Å². The zero-order valence-electron chi connectivity index (χ0n) is 13.0. The highest BCUT2D eigenvalue weighted by atomic mass is 35.5. The number of nitrogens with zero attached hydrogens (tertiary/aromatic N) is 4. The van der Waals surface area contributed by atoms with E-state index in [1.54, 1.807) is 4.68 Å². The number of ether oxygens (including phenoxy) is 1. The van der Waals surface area contributed by atoms with E-state index in [1.165, 1.54) is 0 Å². The molecule has 3 rings (SSSR count). The van der Waals surface area contributed by atoms with Crippen LogP contribution in [0.15, 0.2) is 67.3 Å². The van der Waals surface area contributed by atoms with Gasteiger partial charge in [0.05, 0.1) is 5.69 Å². The van der Waals surface area contributed by atoms with E-state index in [0.717, 1.165) is 24.3 Å². The van der Waals surface area contributed by atoms with Gasteiger partial charge in [0.25, 0.3) is 0 Å². The van der Waals surface area contributed by atoms with E-state index in [2.05, 4.69) is 27.4 Å². The second-order valence-corrected chi connectivity index (χ2v) is 4.88. The van der Waals surface area contributed by atoms with Gasteiger partial charge >= 0.3 is 6.01 Å². The third-order valence-electron chi connectivity index (χ3n) is 3.17. The topological polar surface area (TPSA) is 64.9 Å². The molecule has 0 fully saturated rings. The van der Waals surface area contributed by atoms with Crippen LogP contribution in [0.2, 0.25) is 0 Å². The van der Waals surface area contributed by atoms with Crippen molar-refractivity contribution in [2.75, 3.05) is 6.54 Å². The number of aromatic nitrogens is 4. The molecule has 0 atom stereocenters. The van der Waals surface area contributed by atoms with E-state index >= 15 is 0 Å². The van der Waals surface area contributed by atoms with Gasteiger partial charge in [-0.05, 0) is 40.3 Å². The van der Waals surface area contributed by atoms with Gasteiger partial charge in [0.1, 0.15) is 5.75 Å². The van der Waals surface area contributed by atoms with Gasteiger partial charge in [0.2, 0.25) is 0 Å². The number of nitrogens with one attached hydrogen (secondary N) is 1. The second kappa shape index (κ2) is 8.81. The lowest BCUT2D eigenvalue weighted by Crippen LogP contribution is -2.12. The summed E-state index contributed by atoms with van der Waals surface area (Å²) in [4.78, 5) is 0. The van der Waals surface area contributed by atoms with Gasteiger partial charge in [0, 0.05) is 13.1 Å². The quantitative estimate of drug-likeness (QED) is 0.527. The van der Waals surface area contributed by atoms with E-state index in [1.807, 2.05) is 60.7 Å². The van der Waals surface area contributed by atoms with Crippen LogP contribution < -0.4 is 10.1 Å². The molecule has 0 aliphatic heterocycles. The van der Waals surface area contributed by atoms with E-state index in [-0.39, 0.29) is 12.4 Å². The van der Waals surface area contributed by atoms with E-state index in [4.69, 9.17) is 4.74 Å². The number of halogens is 1. The monoisotopic (exact) mass is 343 g/mol. The smallest absolute Gasteiger partial charge is 0.345 e. The standard InChI is InChI=1S/C17H17N5O.ClH/c1-2-11-18-13-14-7-6-10-16(12-14)23-17-19-20-21-22(17)15-8-4-3-5-9-15;/h2-10,12,18H,1,11,13H2;1H. The predicted octanol–water partition coefficient (Wildman–Crippen LogP) is 3.15. The van der Waals surface area contributed by atoms with Crippen LogP contribution in [0.4, 0.5) is 0 Å². The zero-order valence-corrected chi connectivity index (χ0v) is 13.8. The summed E-state index contributed by atoms with van der Waals surface area (Å²) in [6, 6.07) is 17.7. The minimum atomic E-state index is 0. The van der Waals surface area contributed by atoms with Gasteiger partial charge in [-0.1, -0.05) is 41.5 Å². The SMILES string of the molecule is C=CCNCc1cccc(Oc2nnnn2-c2ccccc2)c1.Cl. The molecular formula is C17H18ClN5O. The van der Waals surface area contributed by atoms with Crippen LogP contribution in [-0.4, -0.2) is 26.8 Å². The first kappa shape index (κ1) is 17.7. The highest BCUT2D eigenvalue weighted by Gasteiger charge is 2.10. The molecule has 0 aliphatic carbocycles. The summed E-state index contributed by atoms with van der Waals surface area (Å²) >= 11 is 0. The molecule has 7 heteroatoms. The summed E-state index contributed by atoms with van der Waals surface area (Å²) in [5.41, 5.74) is 1.96. The Kier molecular flexibility index (Phi) is 6.48. The van der Waals surface area contributed by atoms with E-state index in [9.17, 15) is 0 Å². The van der Waals surface area contributed by atoms with Crippen molar-refractivity contribution in [2.45, 2.75) is 6.54 Å². The highest BCUT2D eigenvalue weighted by Crippen LogP contribution is 2.21. The summed E-state index contributed by atoms with van der Waals surface area (Å²) in [5.74, 6) is 0.690. The Morgan fingerprint density at radius 1 is 1.12 bits per heavy atom. The third kappa shape index (κ3) is 4.41. The largest absolute Gasteiger partial charge is 0.423 e. The molecule has 124 valence electrons. The van der Waals surface area contributed by atoms with Crippen molar-refractivity contribution in [3.8, 4) is 17.4 Å². The zero-order chi connectivity index (χ0) is 15.9. The molecule has 3 aromatic rings. The molecule has 24 heavy (non-hydrogen) atoms. The van der Waals surface area contributed by atoms with Crippen LogP contribution in [0.5, 0.6) is 11.8 Å². The van der Waals surface area contributed by atoms with Crippen molar-refractivity contribution in [3.63, 3.8) is 0 Å². The average Bonchev–Trinajstić information content (AvgIpc) is 3.04. The highest BCUT2D eigenvalue weighted by molar-refractivity contribution is 5.85. The first-order chi connectivity index (χ1) is 11.4. The number of hydrogen-bond acceptors (Lipinski definition) is 5. The lowest BCUT2D eigenvalue weighted by Gasteiger charge is -2.08. The predicted molar refractivity (Wildman–Crippen MR) is 94.8 cm³/mol. The molecule has 0 aliphatic rings. The van der Waals surface area contributed by atoms with Crippen LogP contribution in [0, 0.1) is 0 Å². The molecule has 1 heterocycles. The number of hydrogen-bond donors (Lipinski definition) is 1. The molecule has 1 aromatic heterocycles. The Balaban J connectivity index is 0.00000208. The van der Waals surface area contributed by atoms with Crippen molar-refractivity contribution in [3.05, 3.63) is 72.8 Å². The molecular weight excluding hydrogens is 326 g/mol. The van der Waals surface area contributed by atoms with Gasteiger partial charge < -0.3 is 10.1 Å². The fraction of sp³-hybridized carbons (Fsp3) is 0.118. The van der Waals surface area contributed by atoms with Gasteiger partial charge in [0.15, 0.2) is 0 Å². The number of rotatable bonds is 7. The fourth-order valence-corrected chi connectivity index (χ4v) is 2.12. The second-order valence-electron chi connectivity index (χ2n) is 4.88. The summed E-state index contributed by atoms with van der Waals surface area (Å²) in [5, 5.41) is 14.9. The normalized spacial score (nSPS) is 10.0. The molecule has 0 saturated carbocycles. The number of tetrazole rings is 1. The average molecular weight is 344 g/mol. The van der Waals surface area contributed by atoms with Crippen molar-refractivity contribution < 1.29 is 4.74 Å². The molecule has 0 radical (unpaired) electrons. The first-order valence-corrected chi connectivity index (χ1v) is 7.29. The number of para-hydroxylation sites is 1. The summed E-state index contributed by atoms with van der Waals surface area (Å²) in [7, 11) is 0. The lowest BCUT2D eigenvalue weighted by molar-refractivity contribution is 0.426. The maximum atomic E-state index is 5.83. The summed E-state index contributed by atoms with van der Waals surface area (Å²) in [6.07, 6.45) is 1.83. The van der Waals surface area contributed by atoms with Crippen LogP contribution in [-0.2, 0) is 6.54 Å². The van der Waals surface area contributed by atoms with Gasteiger partial charge in [-0.2, -0.15) is 4.68 Å². The Morgan fingerprint density at radius 3 is 2.75 bits per heavy atom. The van der Waals surface area contributed by atoms with Crippen molar-refractivity contribution in [1.82, 2.24) is 25.5 Å². The molecule has 0 amide bonds. The van der Waals surface area contributed by atoms with Gasteiger partial charge in [-0.3, -0.25) is 0 Å². The molecule has 0 spiro atoms. The Labute approximate surface area is 146 Å². The lowest BCUT2D eigenvalue weighted by atomic mass is 10.2. The molecule has 6 nitrogen and oxygen atoms in total. The Bertz CT molecular complexity index is 775. The summed E-state index contributed by atoms with van der Waals surface area (Å²) < 4.78 is 7.39. The fourth-order valence-electron chi connectivity index (χ4n) is 2.12. The van der Waals surface area contributed by atoms with E-state index < -0.39 is 0 Å². The minimum absolute atomic E-state index is 0. The first-order valence-electron chi connectivity index (χ1n) is 7.29. The molecule has 0 saturated heterocycles. The maximum absolute atomic E-state index is 5.83. The number of benzene rings is 2. The minimum Gasteiger partial charge on any atom is -0.423 e. The van der Waals surface area contributed by atoms with Crippen LogP contribution in [0.1, 0.15) is 5.56 Å². The van der Waals surface area contributed by atoms with Crippen molar-refractivity contribution in [2.24, 2.45) is 0 Å². The van der Waals surface area contributed by atoms with Crippen LogP contribution in [0.25, 0.3) is 5.69 Å². The Hall–Kier alpha value is -2.70. The Morgan fingerprint density at radius 2 is 1.96 bits per heavy atom. The van der Waals surface area contributed by atoms with E-state index in [0.29, 0.717) is 11.8 Å². The summed E-state index contributed by atoms with van der Waals surface area (Å²) in [6.45, 7) is 5.19. The molecule has 0 unspecified atom stereocenters. The van der Waals surface area contributed by atoms with Crippen molar-refractivity contribution >= 4 is 12.4 Å². The molecule has 0 bridgehead atoms.